The summed E-state index contributed by atoms with van der Waals surface area (Å²) in [6.45, 7) is 0.162. The van der Waals surface area contributed by atoms with Gasteiger partial charge >= 0.3 is 5.97 Å². The van der Waals surface area contributed by atoms with E-state index in [0.717, 1.165) is 0 Å². The Morgan fingerprint density at radius 3 is 2.81 bits per heavy atom. The Morgan fingerprint density at radius 2 is 2.31 bits per heavy atom. The Kier molecular flexibility index (Phi) is 4.29. The van der Waals surface area contributed by atoms with Crippen molar-refractivity contribution >= 4 is 17.6 Å². The van der Waals surface area contributed by atoms with Crippen LogP contribution in [0.5, 0.6) is 0 Å². The number of rotatable bonds is 3. The third kappa shape index (κ3) is 2.51. The van der Waals surface area contributed by atoms with Gasteiger partial charge in [0.25, 0.3) is 0 Å². The summed E-state index contributed by atoms with van der Waals surface area (Å²) in [5.74, 6) is -0.374. The predicted octanol–water partition coefficient (Wildman–Crippen LogP) is 1.39. The van der Waals surface area contributed by atoms with Crippen LogP contribution in [0.1, 0.15) is 16.7 Å². The van der Waals surface area contributed by atoms with Crippen LogP contribution in [0, 0.1) is 11.3 Å². The van der Waals surface area contributed by atoms with Gasteiger partial charge in [0.15, 0.2) is 0 Å². The number of carbonyl (C=O) groups is 1. The van der Waals surface area contributed by atoms with E-state index in [9.17, 15) is 4.79 Å². The highest BCUT2D eigenvalue weighted by Crippen LogP contribution is 2.23. The zero-order valence-corrected chi connectivity index (χ0v) is 9.54. The maximum absolute atomic E-state index is 11.2. The number of carbonyl (C=O) groups excluding carboxylic acids is 1. The van der Waals surface area contributed by atoms with E-state index in [2.05, 4.69) is 4.74 Å². The van der Waals surface area contributed by atoms with Crippen molar-refractivity contribution in [1.29, 1.82) is 5.26 Å². The molecule has 4 nitrogen and oxygen atoms in total. The van der Waals surface area contributed by atoms with Crippen molar-refractivity contribution in [2.24, 2.45) is 5.73 Å². The highest BCUT2D eigenvalue weighted by Gasteiger charge is 2.13. The van der Waals surface area contributed by atoms with E-state index in [1.165, 1.54) is 7.11 Å². The summed E-state index contributed by atoms with van der Waals surface area (Å²) in [6, 6.07) is 5.25. The van der Waals surface area contributed by atoms with Crippen molar-refractivity contribution < 1.29 is 9.53 Å². The molecule has 0 fully saturated rings. The molecule has 0 saturated heterocycles. The molecule has 0 aliphatic rings. The fourth-order valence-electron chi connectivity index (χ4n) is 1.41. The summed E-state index contributed by atoms with van der Waals surface area (Å²) >= 11 is 5.86. The molecule has 1 rings (SSSR count). The Bertz CT molecular complexity index is 452. The van der Waals surface area contributed by atoms with Crippen LogP contribution in [0.25, 0.3) is 0 Å². The number of halogens is 1. The average molecular weight is 239 g/mol. The second kappa shape index (κ2) is 5.50. The molecule has 0 bridgehead atoms. The van der Waals surface area contributed by atoms with Crippen molar-refractivity contribution in [3.63, 3.8) is 0 Å². The zero-order chi connectivity index (χ0) is 12.1. The quantitative estimate of drug-likeness (QED) is 0.808. The summed E-state index contributed by atoms with van der Waals surface area (Å²) in [4.78, 5) is 11.2. The van der Waals surface area contributed by atoms with Gasteiger partial charge in [-0.3, -0.25) is 4.79 Å². The monoisotopic (exact) mass is 238 g/mol. The Hall–Kier alpha value is -1.57. The molecular formula is C11H11ClN2O2. The van der Waals surface area contributed by atoms with Crippen LogP contribution in [-0.2, 0) is 22.5 Å². The molecule has 0 atom stereocenters. The number of hydrogen-bond acceptors (Lipinski definition) is 4. The van der Waals surface area contributed by atoms with Gasteiger partial charge in [0.2, 0.25) is 0 Å². The SMILES string of the molecule is COC(=O)Cc1ccc(Cl)c(C#N)c1CN. The van der Waals surface area contributed by atoms with Crippen LogP contribution in [0.4, 0.5) is 0 Å². The highest BCUT2D eigenvalue weighted by atomic mass is 35.5. The summed E-state index contributed by atoms with van der Waals surface area (Å²) in [6.07, 6.45) is 0.0921. The van der Waals surface area contributed by atoms with Gasteiger partial charge in [-0.25, -0.2) is 0 Å². The number of hydrogen-bond donors (Lipinski definition) is 1. The van der Waals surface area contributed by atoms with Crippen molar-refractivity contribution in [2.45, 2.75) is 13.0 Å². The molecule has 5 heteroatoms. The molecule has 0 spiro atoms. The molecular weight excluding hydrogens is 228 g/mol. The second-order valence-corrected chi connectivity index (χ2v) is 3.54. The summed E-state index contributed by atoms with van der Waals surface area (Å²) < 4.78 is 4.56. The van der Waals surface area contributed by atoms with Crippen LogP contribution in [0.15, 0.2) is 12.1 Å². The smallest absolute Gasteiger partial charge is 0.309 e. The van der Waals surface area contributed by atoms with Gasteiger partial charge in [-0.1, -0.05) is 17.7 Å². The van der Waals surface area contributed by atoms with E-state index in [1.54, 1.807) is 12.1 Å². The third-order valence-corrected chi connectivity index (χ3v) is 2.55. The lowest BCUT2D eigenvalue weighted by Gasteiger charge is -2.09. The Morgan fingerprint density at radius 1 is 1.62 bits per heavy atom. The van der Waals surface area contributed by atoms with Crippen molar-refractivity contribution in [1.82, 2.24) is 0 Å². The van der Waals surface area contributed by atoms with Crippen LogP contribution in [0.2, 0.25) is 5.02 Å². The normalized spacial score (nSPS) is 9.62. The van der Waals surface area contributed by atoms with E-state index in [0.29, 0.717) is 21.7 Å². The maximum atomic E-state index is 11.2. The molecule has 0 unspecified atom stereocenters. The standard InChI is InChI=1S/C11H11ClN2O2/c1-16-11(15)4-7-2-3-10(12)9(6-14)8(7)5-13/h2-3H,4-5,13H2,1H3. The van der Waals surface area contributed by atoms with Gasteiger partial charge in [0, 0.05) is 6.54 Å². The van der Waals surface area contributed by atoms with E-state index in [1.807, 2.05) is 6.07 Å². The van der Waals surface area contributed by atoms with E-state index >= 15 is 0 Å². The molecule has 0 aliphatic carbocycles. The van der Waals surface area contributed by atoms with Gasteiger partial charge in [-0.2, -0.15) is 5.26 Å². The predicted molar refractivity (Wildman–Crippen MR) is 59.8 cm³/mol. The van der Waals surface area contributed by atoms with E-state index in [-0.39, 0.29) is 18.9 Å². The molecule has 1 aromatic rings. The second-order valence-electron chi connectivity index (χ2n) is 3.13. The molecule has 0 aromatic heterocycles. The lowest BCUT2D eigenvalue weighted by atomic mass is 9.99. The van der Waals surface area contributed by atoms with Crippen LogP contribution in [-0.4, -0.2) is 13.1 Å². The highest BCUT2D eigenvalue weighted by molar-refractivity contribution is 6.31. The molecule has 16 heavy (non-hydrogen) atoms. The van der Waals surface area contributed by atoms with Crippen molar-refractivity contribution in [3.8, 4) is 6.07 Å². The largest absolute Gasteiger partial charge is 0.469 e. The van der Waals surface area contributed by atoms with E-state index in [4.69, 9.17) is 22.6 Å². The lowest BCUT2D eigenvalue weighted by Crippen LogP contribution is -2.11. The summed E-state index contributed by atoms with van der Waals surface area (Å²) in [5.41, 5.74) is 7.15. The fourth-order valence-corrected chi connectivity index (χ4v) is 1.63. The molecule has 2 N–H and O–H groups in total. The first kappa shape index (κ1) is 12.5. The molecule has 0 amide bonds. The summed E-state index contributed by atoms with van der Waals surface area (Å²) in [7, 11) is 1.31. The zero-order valence-electron chi connectivity index (χ0n) is 8.79. The first-order chi connectivity index (χ1) is 7.63. The number of ether oxygens (including phenoxy) is 1. The first-order valence-electron chi connectivity index (χ1n) is 4.61. The molecule has 0 radical (unpaired) electrons. The third-order valence-electron chi connectivity index (χ3n) is 2.24. The number of esters is 1. The van der Waals surface area contributed by atoms with Gasteiger partial charge in [-0.15, -0.1) is 0 Å². The minimum absolute atomic E-state index is 0.0921. The molecule has 0 saturated carbocycles. The van der Waals surface area contributed by atoms with Gasteiger partial charge < -0.3 is 10.5 Å². The maximum Gasteiger partial charge on any atom is 0.309 e. The number of nitrogens with zero attached hydrogens (tertiary/aromatic N) is 1. The molecule has 0 aliphatic heterocycles. The van der Waals surface area contributed by atoms with Gasteiger partial charge in [-0.05, 0) is 17.2 Å². The number of methoxy groups -OCH3 is 1. The Balaban J connectivity index is 3.21. The van der Waals surface area contributed by atoms with Gasteiger partial charge in [0.1, 0.15) is 6.07 Å². The van der Waals surface area contributed by atoms with Crippen molar-refractivity contribution in [3.05, 3.63) is 33.8 Å². The lowest BCUT2D eigenvalue weighted by molar-refractivity contribution is -0.139. The van der Waals surface area contributed by atoms with Crippen LogP contribution in [0.3, 0.4) is 0 Å². The van der Waals surface area contributed by atoms with Crippen LogP contribution >= 0.6 is 11.6 Å². The fraction of sp³-hybridized carbons (Fsp3) is 0.273. The summed E-state index contributed by atoms with van der Waals surface area (Å²) in [5, 5.41) is 9.28. The number of benzene rings is 1. The minimum atomic E-state index is -0.374. The Labute approximate surface area is 98.6 Å². The molecule has 1 aromatic carbocycles. The number of nitriles is 1. The molecule has 0 heterocycles. The minimum Gasteiger partial charge on any atom is -0.469 e. The van der Waals surface area contributed by atoms with E-state index < -0.39 is 0 Å². The van der Waals surface area contributed by atoms with Crippen LogP contribution < -0.4 is 5.73 Å². The molecule has 84 valence electrons. The van der Waals surface area contributed by atoms with Gasteiger partial charge in [0.05, 0.1) is 24.1 Å². The average Bonchev–Trinajstić information content (AvgIpc) is 2.30. The topological polar surface area (TPSA) is 76.1 Å². The first-order valence-corrected chi connectivity index (χ1v) is 4.99. The van der Waals surface area contributed by atoms with Crippen molar-refractivity contribution in [2.75, 3.05) is 7.11 Å². The number of nitrogens with two attached hydrogens (primary N) is 1.